The summed E-state index contributed by atoms with van der Waals surface area (Å²) in [5, 5.41) is 7.57. The Morgan fingerprint density at radius 2 is 2.11 bits per heavy atom. The summed E-state index contributed by atoms with van der Waals surface area (Å²) >= 11 is 0. The molecule has 37 heavy (non-hydrogen) atoms. The highest BCUT2D eigenvalue weighted by Crippen LogP contribution is 2.33. The lowest BCUT2D eigenvalue weighted by Crippen LogP contribution is -2.49. The molecule has 0 radical (unpaired) electrons. The van der Waals surface area contributed by atoms with Crippen LogP contribution in [0.5, 0.6) is 0 Å². The van der Waals surface area contributed by atoms with Gasteiger partial charge in [0.2, 0.25) is 18.3 Å². The smallest absolute Gasteiger partial charge is 0.241 e. The number of carbonyl (C=O) groups excluding carboxylic acids is 1. The van der Waals surface area contributed by atoms with Crippen molar-refractivity contribution in [2.45, 2.75) is 64.6 Å². The molecule has 0 aliphatic carbocycles. The number of aromatic nitrogens is 4. The molecular weight excluding hydrogens is 483 g/mol. The first-order valence-electron chi connectivity index (χ1n) is 12.6. The molecule has 1 N–H and O–H groups in total. The molecule has 1 saturated heterocycles. The standard InChI is InChI=1S/C26H30F3N7O/c1-15-17(4-3-5-25(28)29)12-23-22(31-15)7-6-20(32-23)18-8-11-36-24(18)13-30-26(34-36)33-21-9-10-35(16(2)37)14-19(21)27/h6-8,11,13,17,19,21,25H,3-5,9-10,12,14H2,1-2H3,(H,33,34)/t17?,19-,21+/m1/s1. The summed E-state index contributed by atoms with van der Waals surface area (Å²) in [7, 11) is 0. The zero-order valence-corrected chi connectivity index (χ0v) is 20.9. The molecule has 0 bridgehead atoms. The predicted molar refractivity (Wildman–Crippen MR) is 135 cm³/mol. The second-order valence-corrected chi connectivity index (χ2v) is 9.80. The van der Waals surface area contributed by atoms with Crippen molar-refractivity contribution in [1.29, 1.82) is 0 Å². The molecule has 0 spiro atoms. The second-order valence-electron chi connectivity index (χ2n) is 9.80. The van der Waals surface area contributed by atoms with Crippen molar-refractivity contribution in [2.75, 3.05) is 18.4 Å². The molecule has 5 heterocycles. The van der Waals surface area contributed by atoms with E-state index >= 15 is 0 Å². The van der Waals surface area contributed by atoms with Gasteiger partial charge in [-0.1, -0.05) is 0 Å². The fourth-order valence-electron chi connectivity index (χ4n) is 5.09. The van der Waals surface area contributed by atoms with Gasteiger partial charge in [0.1, 0.15) is 6.17 Å². The van der Waals surface area contributed by atoms with Crippen molar-refractivity contribution in [1.82, 2.24) is 24.5 Å². The van der Waals surface area contributed by atoms with Gasteiger partial charge in [-0.3, -0.25) is 14.8 Å². The number of halogens is 3. The molecule has 1 amide bonds. The Kier molecular flexibility index (Phi) is 7.12. The number of fused-ring (bicyclic) bond motifs is 2. The summed E-state index contributed by atoms with van der Waals surface area (Å²) in [6.07, 6.45) is 2.17. The maximum atomic E-state index is 14.6. The molecule has 0 saturated carbocycles. The van der Waals surface area contributed by atoms with Gasteiger partial charge in [-0.15, -0.1) is 5.10 Å². The molecule has 5 rings (SSSR count). The zero-order chi connectivity index (χ0) is 26.1. The molecule has 8 nitrogen and oxygen atoms in total. The van der Waals surface area contributed by atoms with Crippen LogP contribution in [0, 0.1) is 5.92 Å². The Morgan fingerprint density at radius 3 is 2.86 bits per heavy atom. The Labute approximate surface area is 213 Å². The third-order valence-electron chi connectivity index (χ3n) is 7.25. The fourth-order valence-corrected chi connectivity index (χ4v) is 5.09. The monoisotopic (exact) mass is 513 g/mol. The van der Waals surface area contributed by atoms with E-state index in [1.165, 1.54) is 11.8 Å². The van der Waals surface area contributed by atoms with Crippen LogP contribution in [0.2, 0.25) is 0 Å². The molecular formula is C26H30F3N7O. The quantitative estimate of drug-likeness (QED) is 0.488. The minimum Gasteiger partial charge on any atom is -0.347 e. The summed E-state index contributed by atoms with van der Waals surface area (Å²) in [6, 6.07) is 5.28. The lowest BCUT2D eigenvalue weighted by atomic mass is 9.89. The van der Waals surface area contributed by atoms with Gasteiger partial charge in [-0.2, -0.15) is 0 Å². The number of nitrogens with one attached hydrogen (secondary N) is 1. The third-order valence-corrected chi connectivity index (χ3v) is 7.25. The van der Waals surface area contributed by atoms with Crippen LogP contribution >= 0.6 is 0 Å². The summed E-state index contributed by atoms with van der Waals surface area (Å²) in [5.41, 5.74) is 5.00. The van der Waals surface area contributed by atoms with Crippen LogP contribution < -0.4 is 5.32 Å². The van der Waals surface area contributed by atoms with Crippen molar-refractivity contribution in [3.8, 4) is 11.3 Å². The van der Waals surface area contributed by atoms with E-state index in [-0.39, 0.29) is 24.8 Å². The van der Waals surface area contributed by atoms with Gasteiger partial charge in [0.05, 0.1) is 41.4 Å². The summed E-state index contributed by atoms with van der Waals surface area (Å²) < 4.78 is 41.4. The van der Waals surface area contributed by atoms with E-state index < -0.39 is 18.6 Å². The van der Waals surface area contributed by atoms with Gasteiger partial charge in [-0.05, 0) is 50.8 Å². The molecule has 11 heteroatoms. The second kappa shape index (κ2) is 10.5. The molecule has 2 aliphatic heterocycles. The first kappa shape index (κ1) is 25.2. The van der Waals surface area contributed by atoms with Crippen molar-refractivity contribution >= 4 is 28.8 Å². The lowest BCUT2D eigenvalue weighted by molar-refractivity contribution is -0.131. The van der Waals surface area contributed by atoms with Crippen LogP contribution in [0.15, 0.2) is 35.6 Å². The minimum atomic E-state index is -2.28. The van der Waals surface area contributed by atoms with Crippen molar-refractivity contribution in [2.24, 2.45) is 10.9 Å². The molecule has 1 fully saturated rings. The Hall–Kier alpha value is -3.50. The van der Waals surface area contributed by atoms with Crippen LogP contribution in [-0.4, -0.2) is 67.8 Å². The topological polar surface area (TPSA) is 87.8 Å². The average molecular weight is 514 g/mol. The van der Waals surface area contributed by atoms with Crippen LogP contribution in [0.3, 0.4) is 0 Å². The van der Waals surface area contributed by atoms with Crippen LogP contribution in [-0.2, 0) is 11.2 Å². The van der Waals surface area contributed by atoms with E-state index in [2.05, 4.69) is 20.4 Å². The minimum absolute atomic E-state index is 0.0591. The molecule has 0 aromatic carbocycles. The molecule has 3 atom stereocenters. The maximum Gasteiger partial charge on any atom is 0.241 e. The number of rotatable bonds is 7. The maximum absolute atomic E-state index is 14.6. The van der Waals surface area contributed by atoms with Gasteiger partial charge in [0.15, 0.2) is 0 Å². The van der Waals surface area contributed by atoms with E-state index in [1.54, 1.807) is 16.9 Å². The number of aliphatic imine (C=N–C) groups is 1. The Balaban J connectivity index is 1.31. The highest BCUT2D eigenvalue weighted by Gasteiger charge is 2.31. The summed E-state index contributed by atoms with van der Waals surface area (Å²) in [4.78, 5) is 27.0. The van der Waals surface area contributed by atoms with Crippen molar-refractivity contribution in [3.05, 3.63) is 36.3 Å². The number of likely N-dealkylation sites (tertiary alicyclic amines) is 1. The van der Waals surface area contributed by atoms with E-state index in [1.807, 2.05) is 25.1 Å². The largest absolute Gasteiger partial charge is 0.347 e. The number of alkyl halides is 3. The van der Waals surface area contributed by atoms with Crippen molar-refractivity contribution in [3.63, 3.8) is 0 Å². The number of piperidine rings is 1. The van der Waals surface area contributed by atoms with Gasteiger partial charge in [-0.25, -0.2) is 22.7 Å². The Bertz CT molecular complexity index is 1320. The van der Waals surface area contributed by atoms with Crippen LogP contribution in [0.1, 0.15) is 45.2 Å². The van der Waals surface area contributed by atoms with Crippen LogP contribution in [0.4, 0.5) is 24.8 Å². The van der Waals surface area contributed by atoms with E-state index in [9.17, 15) is 18.0 Å². The first-order valence-corrected chi connectivity index (χ1v) is 12.6. The summed E-state index contributed by atoms with van der Waals surface area (Å²) in [6.45, 7) is 3.95. The number of nitrogens with zero attached hydrogens (tertiary/aromatic N) is 6. The molecule has 1 unspecified atom stereocenters. The number of carbonyl (C=O) groups is 1. The molecule has 3 aromatic heterocycles. The van der Waals surface area contributed by atoms with Gasteiger partial charge in [0.25, 0.3) is 0 Å². The lowest BCUT2D eigenvalue weighted by Gasteiger charge is -2.34. The zero-order valence-electron chi connectivity index (χ0n) is 20.9. The predicted octanol–water partition coefficient (Wildman–Crippen LogP) is 4.86. The number of hydrogen-bond acceptors (Lipinski definition) is 6. The first-order chi connectivity index (χ1) is 17.8. The fraction of sp³-hybridized carbons (Fsp3) is 0.500. The number of pyridine rings is 1. The number of amides is 1. The number of anilines is 1. The Morgan fingerprint density at radius 1 is 1.27 bits per heavy atom. The van der Waals surface area contributed by atoms with Gasteiger partial charge in [0, 0.05) is 43.3 Å². The van der Waals surface area contributed by atoms with E-state index in [0.29, 0.717) is 38.2 Å². The van der Waals surface area contributed by atoms with Gasteiger partial charge < -0.3 is 10.2 Å². The highest BCUT2D eigenvalue weighted by molar-refractivity contribution is 5.89. The average Bonchev–Trinajstić information content (AvgIpc) is 3.28. The highest BCUT2D eigenvalue weighted by atomic mass is 19.3. The van der Waals surface area contributed by atoms with E-state index in [0.717, 1.165) is 33.9 Å². The van der Waals surface area contributed by atoms with Crippen LogP contribution in [0.25, 0.3) is 16.8 Å². The normalized spacial score (nSPS) is 21.7. The summed E-state index contributed by atoms with van der Waals surface area (Å²) in [5.74, 6) is 0.297. The van der Waals surface area contributed by atoms with Crippen molar-refractivity contribution < 1.29 is 18.0 Å². The van der Waals surface area contributed by atoms with E-state index in [4.69, 9.17) is 4.98 Å². The third kappa shape index (κ3) is 5.45. The molecule has 196 valence electrons. The van der Waals surface area contributed by atoms with Gasteiger partial charge >= 0.3 is 0 Å². The molecule has 2 aliphatic rings. The number of hydrogen-bond donors (Lipinski definition) is 1. The SMILES string of the molecule is CC(=O)N1CC[C@H](Nc2ncc3c(-c4ccc5c(n4)CC(CCCC(F)F)C(C)=N5)ccn3n2)[C@H](F)C1. The molecule has 3 aromatic rings.